The Hall–Kier alpha value is -2.42. The molecular weight excluding hydrogens is 347 g/mol. The maximum atomic E-state index is 14.6. The number of hydrogen-bond donors (Lipinski definition) is 0. The fraction of sp³-hybridized carbons (Fsp3) is 0.286. The van der Waals surface area contributed by atoms with Crippen LogP contribution in [0.2, 0.25) is 0 Å². The molecular formula is C21H19FN2OS. The Bertz CT molecular complexity index is 999. The van der Waals surface area contributed by atoms with E-state index in [2.05, 4.69) is 9.74 Å². The number of benzene rings is 2. The summed E-state index contributed by atoms with van der Waals surface area (Å²) in [6.45, 7) is 12.7. The molecule has 0 aliphatic carbocycles. The van der Waals surface area contributed by atoms with E-state index in [1.165, 1.54) is 0 Å². The third-order valence-electron chi connectivity index (χ3n) is 4.86. The highest BCUT2D eigenvalue weighted by atomic mass is 32.1. The van der Waals surface area contributed by atoms with Gasteiger partial charge in [0.25, 0.3) is 0 Å². The normalized spacial score (nSPS) is 14.6. The molecule has 3 nitrogen and oxygen atoms in total. The number of rotatable bonds is 3. The Kier molecular flexibility index (Phi) is 4.62. The minimum atomic E-state index is -0.210. The van der Waals surface area contributed by atoms with Crippen molar-refractivity contribution in [3.05, 3.63) is 69.6 Å². The maximum absolute atomic E-state index is 14.6. The fourth-order valence-electron chi connectivity index (χ4n) is 3.44. The summed E-state index contributed by atoms with van der Waals surface area (Å²) in [6.07, 6.45) is 0.445. The van der Waals surface area contributed by atoms with Crippen molar-refractivity contribution in [2.45, 2.75) is 13.3 Å². The van der Waals surface area contributed by atoms with E-state index in [0.717, 1.165) is 39.3 Å². The lowest BCUT2D eigenvalue weighted by Gasteiger charge is -2.28. The first-order chi connectivity index (χ1) is 12.7. The average molecular weight is 366 g/mol. The van der Waals surface area contributed by atoms with Crippen LogP contribution in [-0.2, 0) is 11.2 Å². The molecule has 0 atom stereocenters. The number of aryl methyl sites for hydroxylation is 1. The molecule has 1 aromatic heterocycles. The molecule has 1 saturated heterocycles. The first-order valence-electron chi connectivity index (χ1n) is 8.67. The van der Waals surface area contributed by atoms with E-state index in [0.29, 0.717) is 30.9 Å². The molecule has 0 spiro atoms. The molecule has 0 saturated carbocycles. The van der Waals surface area contributed by atoms with E-state index >= 15 is 0 Å². The zero-order valence-corrected chi connectivity index (χ0v) is 15.4. The number of anilines is 1. The lowest BCUT2D eigenvalue weighted by molar-refractivity contribution is 0.123. The Morgan fingerprint density at radius 3 is 2.58 bits per heavy atom. The number of nitrogens with zero attached hydrogens (tertiary/aromatic N) is 2. The van der Waals surface area contributed by atoms with Crippen LogP contribution in [-0.4, -0.2) is 26.3 Å². The second-order valence-corrected chi connectivity index (χ2v) is 7.67. The van der Waals surface area contributed by atoms with Crippen LogP contribution in [0.3, 0.4) is 0 Å². The number of ether oxygens (including phenoxy) is 1. The van der Waals surface area contributed by atoms with Crippen LogP contribution in [0.5, 0.6) is 0 Å². The minimum Gasteiger partial charge on any atom is -0.378 e. The molecule has 1 fully saturated rings. The van der Waals surface area contributed by atoms with Crippen LogP contribution in [0.1, 0.15) is 16.0 Å². The van der Waals surface area contributed by atoms with Gasteiger partial charge < -0.3 is 9.64 Å². The number of fused-ring (bicyclic) bond motifs is 1. The zero-order chi connectivity index (χ0) is 18.1. The van der Waals surface area contributed by atoms with E-state index in [1.807, 2.05) is 37.3 Å². The molecule has 0 N–H and O–H groups in total. The molecule has 132 valence electrons. The molecule has 1 aliphatic rings. The van der Waals surface area contributed by atoms with Gasteiger partial charge in [0.15, 0.2) is 0 Å². The van der Waals surface area contributed by atoms with Crippen LogP contribution in [0.25, 0.3) is 15.6 Å². The van der Waals surface area contributed by atoms with Gasteiger partial charge in [-0.05, 0) is 52.3 Å². The third kappa shape index (κ3) is 3.07. The molecule has 0 unspecified atom stereocenters. The molecule has 1 aliphatic heterocycles. The summed E-state index contributed by atoms with van der Waals surface area (Å²) < 4.78 is 20.1. The summed E-state index contributed by atoms with van der Waals surface area (Å²) in [7, 11) is 0. The van der Waals surface area contributed by atoms with Crippen LogP contribution < -0.4 is 4.90 Å². The molecule has 2 heterocycles. The first-order valence-corrected chi connectivity index (χ1v) is 9.48. The quantitative estimate of drug-likeness (QED) is 0.583. The topological polar surface area (TPSA) is 16.8 Å². The van der Waals surface area contributed by atoms with Crippen molar-refractivity contribution in [2.24, 2.45) is 0 Å². The predicted octanol–water partition coefficient (Wildman–Crippen LogP) is 5.33. The molecule has 0 amide bonds. The van der Waals surface area contributed by atoms with Gasteiger partial charge in [-0.2, -0.15) is 0 Å². The van der Waals surface area contributed by atoms with Gasteiger partial charge >= 0.3 is 0 Å². The zero-order valence-electron chi connectivity index (χ0n) is 14.6. The van der Waals surface area contributed by atoms with Crippen LogP contribution in [0.15, 0.2) is 36.4 Å². The van der Waals surface area contributed by atoms with Crippen molar-refractivity contribution in [1.82, 2.24) is 0 Å². The summed E-state index contributed by atoms with van der Waals surface area (Å²) in [5, 5.41) is 2.92. The van der Waals surface area contributed by atoms with Crippen molar-refractivity contribution < 1.29 is 9.13 Å². The fourth-order valence-corrected chi connectivity index (χ4v) is 4.60. The Morgan fingerprint density at radius 1 is 1.19 bits per heavy atom. The van der Waals surface area contributed by atoms with Gasteiger partial charge in [-0.25, -0.2) is 9.24 Å². The Morgan fingerprint density at radius 2 is 1.88 bits per heavy atom. The highest BCUT2D eigenvalue weighted by Gasteiger charge is 2.23. The summed E-state index contributed by atoms with van der Waals surface area (Å²) in [5.41, 5.74) is 2.26. The summed E-state index contributed by atoms with van der Waals surface area (Å²) in [6, 6.07) is 11.3. The predicted molar refractivity (Wildman–Crippen MR) is 105 cm³/mol. The summed E-state index contributed by atoms with van der Waals surface area (Å²) in [4.78, 5) is 7.12. The van der Waals surface area contributed by atoms with Crippen molar-refractivity contribution in [1.29, 1.82) is 0 Å². The maximum Gasteiger partial charge on any atom is 0.224 e. The standard InChI is InChI=1S/C21H19FN2OS/c1-14-18(20(23-2)21(26-14)24-7-9-25-10-8-24)12-17-11-15-5-3-4-6-16(15)13-19(17)22/h3-6,11,13H,7-10,12H2,1H3. The van der Waals surface area contributed by atoms with Crippen LogP contribution in [0.4, 0.5) is 15.1 Å². The van der Waals surface area contributed by atoms with E-state index in [9.17, 15) is 4.39 Å². The Balaban J connectivity index is 1.73. The smallest absolute Gasteiger partial charge is 0.224 e. The molecule has 0 bridgehead atoms. The number of thiophene rings is 1. The van der Waals surface area contributed by atoms with Crippen molar-refractivity contribution >= 4 is 32.8 Å². The highest BCUT2D eigenvalue weighted by molar-refractivity contribution is 7.17. The first kappa shape index (κ1) is 17.0. The Labute approximate surface area is 156 Å². The van der Waals surface area contributed by atoms with Gasteiger partial charge in [0.2, 0.25) is 5.69 Å². The van der Waals surface area contributed by atoms with Gasteiger partial charge in [0, 0.05) is 13.1 Å². The van der Waals surface area contributed by atoms with E-state index in [1.54, 1.807) is 17.4 Å². The van der Waals surface area contributed by atoms with Crippen LogP contribution in [0, 0.1) is 19.3 Å². The lowest BCUT2D eigenvalue weighted by Crippen LogP contribution is -2.35. The van der Waals surface area contributed by atoms with Crippen molar-refractivity contribution in [3.63, 3.8) is 0 Å². The van der Waals surface area contributed by atoms with Crippen LogP contribution >= 0.6 is 11.3 Å². The SMILES string of the molecule is [C-]#[N+]c1c(N2CCOCC2)sc(C)c1Cc1cc2ccccc2cc1F. The molecule has 26 heavy (non-hydrogen) atoms. The summed E-state index contributed by atoms with van der Waals surface area (Å²) >= 11 is 1.63. The molecule has 2 aromatic carbocycles. The van der Waals surface area contributed by atoms with Gasteiger partial charge in [0.05, 0.1) is 24.8 Å². The number of morpholine rings is 1. The molecule has 4 rings (SSSR count). The lowest BCUT2D eigenvalue weighted by atomic mass is 10.00. The van der Waals surface area contributed by atoms with Crippen molar-refractivity contribution in [3.8, 4) is 0 Å². The third-order valence-corrected chi connectivity index (χ3v) is 6.05. The number of hydrogen-bond acceptors (Lipinski definition) is 3. The highest BCUT2D eigenvalue weighted by Crippen LogP contribution is 2.44. The molecule has 0 radical (unpaired) electrons. The minimum absolute atomic E-state index is 0.210. The van der Waals surface area contributed by atoms with Crippen molar-refractivity contribution in [2.75, 3.05) is 31.2 Å². The summed E-state index contributed by atoms with van der Waals surface area (Å²) in [5.74, 6) is -0.210. The largest absolute Gasteiger partial charge is 0.378 e. The molecule has 5 heteroatoms. The molecule has 3 aromatic rings. The second kappa shape index (κ2) is 7.06. The van der Waals surface area contributed by atoms with E-state index in [-0.39, 0.29) is 5.82 Å². The van der Waals surface area contributed by atoms with E-state index in [4.69, 9.17) is 11.3 Å². The van der Waals surface area contributed by atoms with Gasteiger partial charge in [-0.3, -0.25) is 0 Å². The van der Waals surface area contributed by atoms with Gasteiger partial charge in [-0.1, -0.05) is 24.3 Å². The second-order valence-electron chi connectivity index (χ2n) is 6.47. The number of halogens is 1. The average Bonchev–Trinajstić information content (AvgIpc) is 2.98. The van der Waals surface area contributed by atoms with Gasteiger partial charge in [-0.15, -0.1) is 11.3 Å². The monoisotopic (exact) mass is 366 g/mol. The van der Waals surface area contributed by atoms with Gasteiger partial charge in [0.1, 0.15) is 5.82 Å². The van der Waals surface area contributed by atoms with E-state index < -0.39 is 0 Å².